The van der Waals surface area contributed by atoms with E-state index in [2.05, 4.69) is 28.1 Å². The van der Waals surface area contributed by atoms with Crippen molar-refractivity contribution in [2.24, 2.45) is 0 Å². The number of carboxylic acid groups (broad SMARTS) is 1. The lowest BCUT2D eigenvalue weighted by Crippen LogP contribution is -2.33. The molecule has 2 aliphatic rings. The molecule has 2 N–H and O–H groups in total. The second kappa shape index (κ2) is 15.9. The number of aliphatic hydroxyl groups is 1. The summed E-state index contributed by atoms with van der Waals surface area (Å²) in [6.45, 7) is 6.34. The van der Waals surface area contributed by atoms with Gasteiger partial charge in [0.15, 0.2) is 17.2 Å². The highest BCUT2D eigenvalue weighted by Gasteiger charge is 2.43. The number of aryl methyl sites for hydroxylation is 1. The Labute approximate surface area is 254 Å². The van der Waals surface area contributed by atoms with Crippen LogP contribution in [0.15, 0.2) is 57.6 Å². The van der Waals surface area contributed by atoms with E-state index in [-0.39, 0.29) is 23.6 Å². The number of terminal acetylenes is 1. The van der Waals surface area contributed by atoms with Crippen LogP contribution in [-0.4, -0.2) is 51.5 Å². The van der Waals surface area contributed by atoms with E-state index in [1.807, 2.05) is 32.0 Å². The fourth-order valence-electron chi connectivity index (χ4n) is 5.44. The van der Waals surface area contributed by atoms with E-state index in [9.17, 15) is 18.3 Å². The first-order valence-electron chi connectivity index (χ1n) is 14.4. The highest BCUT2D eigenvalue weighted by Crippen LogP contribution is 2.46. The standard InChI is InChI=1S/C28H26F3N3O3.C2H6.C2H2.CH2O2/c29-28(30,31)23-25(33-36-26(23)17-7-3-1-4-8-17)27-21-12-9-18-15-19(10-11-20(18)24(21)32-37-27)22(35)16-34-13-5-2-6-14-34;2*1-2;2-1-3/h1,3-4,7-8,10-11,15,22,35H,2,5-6,9,12-14,16H2;1-2H3;1-2H;1H,(H,2,3)/t22-;;;/m0.../s1. The molecule has 234 valence electrons. The minimum atomic E-state index is -4.70. The fraction of sp³-hybridized carbons (Fsp3) is 0.364. The van der Waals surface area contributed by atoms with Crippen molar-refractivity contribution >= 4 is 6.47 Å². The molecule has 11 heteroatoms. The maximum atomic E-state index is 14.2. The average Bonchev–Trinajstić information content (AvgIpc) is 3.69. The average molecular weight is 612 g/mol. The van der Waals surface area contributed by atoms with Gasteiger partial charge in [0.1, 0.15) is 11.3 Å². The molecule has 8 nitrogen and oxygen atoms in total. The van der Waals surface area contributed by atoms with Crippen LogP contribution in [0.25, 0.3) is 34.0 Å². The smallest absolute Gasteiger partial charge is 0.422 e. The maximum Gasteiger partial charge on any atom is 0.422 e. The molecule has 2 aromatic heterocycles. The predicted octanol–water partition coefficient (Wildman–Crippen LogP) is 7.28. The Hall–Kier alpha value is -4.40. The molecule has 2 aromatic carbocycles. The molecule has 1 fully saturated rings. The topological polar surface area (TPSA) is 113 Å². The number of hydrogen-bond acceptors (Lipinski definition) is 7. The van der Waals surface area contributed by atoms with Crippen LogP contribution in [0.4, 0.5) is 13.2 Å². The highest BCUT2D eigenvalue weighted by atomic mass is 19.4. The Morgan fingerprint density at radius 3 is 2.20 bits per heavy atom. The molecular formula is C33H36F3N3O5. The molecule has 0 saturated carbocycles. The van der Waals surface area contributed by atoms with Gasteiger partial charge in [0.05, 0.1) is 6.10 Å². The molecule has 4 aromatic rings. The minimum absolute atomic E-state index is 0.0203. The normalized spacial score (nSPS) is 14.6. The predicted molar refractivity (Wildman–Crippen MR) is 160 cm³/mol. The summed E-state index contributed by atoms with van der Waals surface area (Å²) < 4.78 is 53.3. The minimum Gasteiger partial charge on any atom is -0.483 e. The Balaban J connectivity index is 0.000000701. The number of carbonyl (C=O) groups is 1. The van der Waals surface area contributed by atoms with Gasteiger partial charge in [-0.15, -0.1) is 12.8 Å². The number of piperidine rings is 1. The Morgan fingerprint density at radius 2 is 1.57 bits per heavy atom. The van der Waals surface area contributed by atoms with Gasteiger partial charge in [0.2, 0.25) is 0 Å². The van der Waals surface area contributed by atoms with Crippen molar-refractivity contribution in [3.8, 4) is 46.9 Å². The summed E-state index contributed by atoms with van der Waals surface area (Å²) in [5.41, 5.74) is 2.62. The summed E-state index contributed by atoms with van der Waals surface area (Å²) in [4.78, 5) is 10.6. The summed E-state index contributed by atoms with van der Waals surface area (Å²) in [6.07, 6.45) is 7.28. The SMILES string of the molecule is C#C.CC.O=CO.O[C@@H](CN1CCCCC1)c1ccc2c(c1)CCc1c-2noc1-c1noc(-c2ccccc2)c1C(F)(F)F. The zero-order valence-corrected chi connectivity index (χ0v) is 24.7. The van der Waals surface area contributed by atoms with E-state index in [1.54, 1.807) is 30.3 Å². The third kappa shape index (κ3) is 7.56. The van der Waals surface area contributed by atoms with Crippen LogP contribution in [0.5, 0.6) is 0 Å². The van der Waals surface area contributed by atoms with Gasteiger partial charge in [-0.2, -0.15) is 13.2 Å². The molecule has 6 rings (SSSR count). The fourth-order valence-corrected chi connectivity index (χ4v) is 5.44. The van der Waals surface area contributed by atoms with Crippen LogP contribution in [0, 0.1) is 12.8 Å². The molecule has 0 radical (unpaired) electrons. The number of aromatic nitrogens is 2. The van der Waals surface area contributed by atoms with Gasteiger partial charge in [0, 0.05) is 23.2 Å². The van der Waals surface area contributed by atoms with Gasteiger partial charge in [0.25, 0.3) is 6.47 Å². The van der Waals surface area contributed by atoms with Gasteiger partial charge in [-0.25, -0.2) is 0 Å². The van der Waals surface area contributed by atoms with Crippen molar-refractivity contribution in [1.82, 2.24) is 15.2 Å². The summed E-state index contributed by atoms with van der Waals surface area (Å²) in [7, 11) is 0. The number of aliphatic hydroxyl groups excluding tert-OH is 1. The number of halogens is 3. The van der Waals surface area contributed by atoms with Crippen LogP contribution >= 0.6 is 0 Å². The summed E-state index contributed by atoms with van der Waals surface area (Å²) >= 11 is 0. The number of hydrogen-bond donors (Lipinski definition) is 2. The van der Waals surface area contributed by atoms with Crippen molar-refractivity contribution in [2.45, 2.75) is 58.2 Å². The van der Waals surface area contributed by atoms with E-state index < -0.39 is 23.5 Å². The zero-order valence-electron chi connectivity index (χ0n) is 24.7. The Kier molecular flexibility index (Phi) is 12.3. The second-order valence-electron chi connectivity index (χ2n) is 9.84. The first-order chi connectivity index (χ1) is 21.3. The second-order valence-corrected chi connectivity index (χ2v) is 9.84. The van der Waals surface area contributed by atoms with E-state index in [0.29, 0.717) is 30.6 Å². The zero-order chi connectivity index (χ0) is 32.3. The van der Waals surface area contributed by atoms with Gasteiger partial charge in [-0.3, -0.25) is 4.79 Å². The lowest BCUT2D eigenvalue weighted by atomic mass is 9.86. The molecule has 1 aliphatic carbocycles. The quantitative estimate of drug-likeness (QED) is 0.179. The lowest BCUT2D eigenvalue weighted by Gasteiger charge is -2.29. The third-order valence-corrected chi connectivity index (χ3v) is 7.31. The molecule has 0 unspecified atom stereocenters. The van der Waals surface area contributed by atoms with Crippen LogP contribution in [0.1, 0.15) is 61.5 Å². The summed E-state index contributed by atoms with van der Waals surface area (Å²) in [6, 6.07) is 13.8. The van der Waals surface area contributed by atoms with Crippen molar-refractivity contribution in [2.75, 3.05) is 19.6 Å². The number of likely N-dealkylation sites (tertiary alicyclic amines) is 1. The Morgan fingerprint density at radius 1 is 0.955 bits per heavy atom. The molecule has 3 heterocycles. The number of benzene rings is 2. The highest BCUT2D eigenvalue weighted by molar-refractivity contribution is 5.79. The molecular weight excluding hydrogens is 575 g/mol. The van der Waals surface area contributed by atoms with E-state index >= 15 is 0 Å². The van der Waals surface area contributed by atoms with E-state index in [0.717, 1.165) is 42.6 Å². The summed E-state index contributed by atoms with van der Waals surface area (Å²) in [5.74, 6) is -0.370. The molecule has 0 amide bonds. The summed E-state index contributed by atoms with van der Waals surface area (Å²) in [5, 5.41) is 25.7. The molecule has 1 aliphatic heterocycles. The van der Waals surface area contributed by atoms with Gasteiger partial charge < -0.3 is 24.2 Å². The van der Waals surface area contributed by atoms with Gasteiger partial charge in [-0.05, 0) is 49.9 Å². The van der Waals surface area contributed by atoms with Crippen molar-refractivity contribution in [1.29, 1.82) is 0 Å². The van der Waals surface area contributed by atoms with Gasteiger partial charge in [-0.1, -0.05) is 79.1 Å². The lowest BCUT2D eigenvalue weighted by molar-refractivity contribution is -0.137. The number of nitrogens with zero attached hydrogens (tertiary/aromatic N) is 3. The first-order valence-corrected chi connectivity index (χ1v) is 14.4. The number of rotatable bonds is 5. The molecule has 44 heavy (non-hydrogen) atoms. The van der Waals surface area contributed by atoms with Crippen LogP contribution < -0.4 is 0 Å². The molecule has 0 spiro atoms. The monoisotopic (exact) mass is 611 g/mol. The van der Waals surface area contributed by atoms with Crippen molar-refractivity contribution < 1.29 is 37.2 Å². The van der Waals surface area contributed by atoms with Crippen LogP contribution in [0.2, 0.25) is 0 Å². The molecule has 0 bridgehead atoms. The van der Waals surface area contributed by atoms with Crippen LogP contribution in [0.3, 0.4) is 0 Å². The number of alkyl halides is 3. The van der Waals surface area contributed by atoms with E-state index in [4.69, 9.17) is 18.9 Å². The largest absolute Gasteiger partial charge is 0.483 e. The van der Waals surface area contributed by atoms with Gasteiger partial charge >= 0.3 is 6.18 Å². The van der Waals surface area contributed by atoms with Crippen molar-refractivity contribution in [3.63, 3.8) is 0 Å². The van der Waals surface area contributed by atoms with Crippen LogP contribution in [-0.2, 0) is 23.8 Å². The molecule has 1 atom stereocenters. The third-order valence-electron chi connectivity index (χ3n) is 7.31. The van der Waals surface area contributed by atoms with Crippen molar-refractivity contribution in [3.05, 3.63) is 70.8 Å². The number of β-amino-alcohol motifs (C(OH)–C–C–N with tert-alkyl or cyclic N) is 1. The number of fused-ring (bicyclic) bond motifs is 3. The molecule has 1 saturated heterocycles. The Bertz CT molecular complexity index is 1510. The first kappa shape index (κ1) is 34.1. The maximum absolute atomic E-state index is 14.2. The van der Waals surface area contributed by atoms with E-state index in [1.165, 1.54) is 6.42 Å².